The summed E-state index contributed by atoms with van der Waals surface area (Å²) in [6.07, 6.45) is 2.04. The molecular weight excluding hydrogens is 440 g/mol. The Kier molecular flexibility index (Phi) is 7.00. The van der Waals surface area contributed by atoms with Crippen molar-refractivity contribution in [3.8, 4) is 5.75 Å². The van der Waals surface area contributed by atoms with Crippen molar-refractivity contribution in [2.75, 3.05) is 7.11 Å². The number of benzene rings is 2. The molecule has 1 amide bonds. The summed E-state index contributed by atoms with van der Waals surface area (Å²) < 4.78 is 6.89. The van der Waals surface area contributed by atoms with Gasteiger partial charge in [-0.1, -0.05) is 48.0 Å². The Balaban J connectivity index is 1.55. The van der Waals surface area contributed by atoms with Gasteiger partial charge in [-0.15, -0.1) is 0 Å². The molecule has 33 heavy (non-hydrogen) atoms. The molecule has 7 nitrogen and oxygen atoms in total. The maximum atomic E-state index is 13.2. The van der Waals surface area contributed by atoms with Gasteiger partial charge in [0.15, 0.2) is 5.65 Å². The van der Waals surface area contributed by atoms with Gasteiger partial charge in [-0.05, 0) is 29.8 Å². The van der Waals surface area contributed by atoms with Crippen LogP contribution < -0.4 is 15.6 Å². The SMILES string of the molecule is COc1ccccc1CNC(=O)CCc1nc2ncccc2c(=O)n1Cc1ccccc1Cl. The minimum atomic E-state index is -0.211. The largest absolute Gasteiger partial charge is 0.496 e. The van der Waals surface area contributed by atoms with Crippen LogP contribution >= 0.6 is 11.6 Å². The zero-order valence-corrected chi connectivity index (χ0v) is 18.9. The van der Waals surface area contributed by atoms with E-state index in [-0.39, 0.29) is 30.9 Å². The highest BCUT2D eigenvalue weighted by atomic mass is 35.5. The van der Waals surface area contributed by atoms with Crippen LogP contribution in [0.1, 0.15) is 23.4 Å². The lowest BCUT2D eigenvalue weighted by Gasteiger charge is -2.14. The van der Waals surface area contributed by atoms with Gasteiger partial charge in [0.2, 0.25) is 5.91 Å². The number of aromatic nitrogens is 3. The molecule has 8 heteroatoms. The molecule has 168 valence electrons. The number of nitrogens with one attached hydrogen (secondary N) is 1. The number of carbonyl (C=O) groups excluding carboxylic acids is 1. The van der Waals surface area contributed by atoms with Crippen LogP contribution in [0.4, 0.5) is 0 Å². The Morgan fingerprint density at radius 3 is 2.61 bits per heavy atom. The van der Waals surface area contributed by atoms with E-state index in [0.717, 1.165) is 11.1 Å². The van der Waals surface area contributed by atoms with Gasteiger partial charge in [-0.3, -0.25) is 14.2 Å². The molecule has 0 radical (unpaired) electrons. The van der Waals surface area contributed by atoms with E-state index in [2.05, 4.69) is 15.3 Å². The summed E-state index contributed by atoms with van der Waals surface area (Å²) in [6.45, 7) is 0.608. The normalized spacial score (nSPS) is 10.8. The molecule has 4 aromatic rings. The van der Waals surface area contributed by atoms with Crippen molar-refractivity contribution >= 4 is 28.5 Å². The number of ether oxygens (including phenoxy) is 1. The Hall–Kier alpha value is -3.71. The monoisotopic (exact) mass is 462 g/mol. The molecule has 0 aliphatic heterocycles. The van der Waals surface area contributed by atoms with Crippen molar-refractivity contribution < 1.29 is 9.53 Å². The number of pyridine rings is 1. The number of hydrogen-bond donors (Lipinski definition) is 1. The summed E-state index contributed by atoms with van der Waals surface area (Å²) in [4.78, 5) is 34.6. The third-order valence-electron chi connectivity index (χ3n) is 5.34. The molecule has 1 N–H and O–H groups in total. The summed E-state index contributed by atoms with van der Waals surface area (Å²) >= 11 is 6.33. The number of amides is 1. The Morgan fingerprint density at radius 2 is 1.82 bits per heavy atom. The molecule has 4 rings (SSSR count). The number of para-hydroxylation sites is 1. The summed E-state index contributed by atoms with van der Waals surface area (Å²) in [7, 11) is 1.60. The highest BCUT2D eigenvalue weighted by molar-refractivity contribution is 6.31. The zero-order chi connectivity index (χ0) is 23.2. The van der Waals surface area contributed by atoms with E-state index in [1.165, 1.54) is 0 Å². The second-order valence-corrected chi connectivity index (χ2v) is 7.88. The Bertz CT molecular complexity index is 1350. The van der Waals surface area contributed by atoms with Gasteiger partial charge in [-0.25, -0.2) is 9.97 Å². The number of hydrogen-bond acceptors (Lipinski definition) is 5. The smallest absolute Gasteiger partial charge is 0.263 e. The molecule has 0 aliphatic rings. The highest BCUT2D eigenvalue weighted by Gasteiger charge is 2.15. The van der Waals surface area contributed by atoms with Gasteiger partial charge in [-0.2, -0.15) is 0 Å². The first kappa shape index (κ1) is 22.5. The van der Waals surface area contributed by atoms with E-state index in [1.54, 1.807) is 36.1 Å². The predicted octanol–water partition coefficient (Wildman–Crippen LogP) is 3.75. The second-order valence-electron chi connectivity index (χ2n) is 7.47. The fourth-order valence-corrected chi connectivity index (χ4v) is 3.80. The van der Waals surface area contributed by atoms with Crippen LogP contribution in [0.5, 0.6) is 5.75 Å². The highest BCUT2D eigenvalue weighted by Crippen LogP contribution is 2.18. The summed E-state index contributed by atoms with van der Waals surface area (Å²) in [5, 5.41) is 3.89. The van der Waals surface area contributed by atoms with Crippen LogP contribution in [0.2, 0.25) is 5.02 Å². The lowest BCUT2D eigenvalue weighted by Crippen LogP contribution is -2.28. The van der Waals surface area contributed by atoms with Crippen molar-refractivity contribution in [1.29, 1.82) is 0 Å². The summed E-state index contributed by atoms with van der Waals surface area (Å²) in [6, 6.07) is 18.3. The minimum absolute atomic E-state index is 0.152. The third kappa shape index (κ3) is 5.21. The Labute approximate surface area is 196 Å². The fourth-order valence-electron chi connectivity index (χ4n) is 3.61. The number of carbonyl (C=O) groups is 1. The number of nitrogens with zero attached hydrogens (tertiary/aromatic N) is 3. The third-order valence-corrected chi connectivity index (χ3v) is 5.71. The van der Waals surface area contributed by atoms with Crippen molar-refractivity contribution in [3.05, 3.63) is 99.2 Å². The van der Waals surface area contributed by atoms with E-state index in [4.69, 9.17) is 16.3 Å². The number of fused-ring (bicyclic) bond motifs is 1. The predicted molar refractivity (Wildman–Crippen MR) is 128 cm³/mol. The van der Waals surface area contributed by atoms with E-state index in [0.29, 0.717) is 34.2 Å². The summed E-state index contributed by atoms with van der Waals surface area (Å²) in [5.74, 6) is 1.05. The molecule has 0 atom stereocenters. The average Bonchev–Trinajstić information content (AvgIpc) is 2.84. The molecule has 0 spiro atoms. The maximum Gasteiger partial charge on any atom is 0.263 e. The minimum Gasteiger partial charge on any atom is -0.496 e. The lowest BCUT2D eigenvalue weighted by molar-refractivity contribution is -0.121. The molecule has 0 unspecified atom stereocenters. The van der Waals surface area contributed by atoms with Crippen LogP contribution in [0.25, 0.3) is 11.0 Å². The molecule has 2 aromatic carbocycles. The first-order chi connectivity index (χ1) is 16.1. The Morgan fingerprint density at radius 1 is 1.06 bits per heavy atom. The van der Waals surface area contributed by atoms with Crippen LogP contribution in [0.3, 0.4) is 0 Å². The van der Waals surface area contributed by atoms with Gasteiger partial charge in [0, 0.05) is 36.2 Å². The van der Waals surface area contributed by atoms with Crippen molar-refractivity contribution in [1.82, 2.24) is 19.9 Å². The molecule has 0 saturated heterocycles. The number of rotatable bonds is 8. The van der Waals surface area contributed by atoms with Gasteiger partial charge < -0.3 is 10.1 Å². The van der Waals surface area contributed by atoms with Crippen molar-refractivity contribution in [2.45, 2.75) is 25.9 Å². The van der Waals surface area contributed by atoms with Crippen LogP contribution in [-0.4, -0.2) is 27.6 Å². The molecule has 0 saturated carbocycles. The molecule has 0 bridgehead atoms. The maximum absolute atomic E-state index is 13.2. The second kappa shape index (κ2) is 10.3. The van der Waals surface area contributed by atoms with Crippen molar-refractivity contribution in [2.24, 2.45) is 0 Å². The number of halogens is 1. The van der Waals surface area contributed by atoms with E-state index in [9.17, 15) is 9.59 Å². The van der Waals surface area contributed by atoms with Crippen LogP contribution in [-0.2, 0) is 24.3 Å². The topological polar surface area (TPSA) is 86.1 Å². The lowest BCUT2D eigenvalue weighted by atomic mass is 10.2. The molecule has 0 fully saturated rings. The van der Waals surface area contributed by atoms with Gasteiger partial charge in [0.1, 0.15) is 11.6 Å². The van der Waals surface area contributed by atoms with Gasteiger partial charge in [0.05, 0.1) is 19.0 Å². The molecule has 0 aliphatic carbocycles. The first-order valence-electron chi connectivity index (χ1n) is 10.5. The zero-order valence-electron chi connectivity index (χ0n) is 18.1. The number of methoxy groups -OCH3 is 1. The first-order valence-corrected chi connectivity index (χ1v) is 10.9. The van der Waals surface area contributed by atoms with Gasteiger partial charge >= 0.3 is 0 Å². The summed E-state index contributed by atoms with van der Waals surface area (Å²) in [5.41, 5.74) is 1.84. The average molecular weight is 463 g/mol. The molecule has 2 heterocycles. The van der Waals surface area contributed by atoms with E-state index in [1.807, 2.05) is 42.5 Å². The quantitative estimate of drug-likeness (QED) is 0.431. The van der Waals surface area contributed by atoms with Crippen LogP contribution in [0, 0.1) is 0 Å². The van der Waals surface area contributed by atoms with E-state index >= 15 is 0 Å². The van der Waals surface area contributed by atoms with E-state index < -0.39 is 0 Å². The standard InChI is InChI=1S/C25H23ClN4O3/c1-33-21-11-5-3-7-17(21)15-28-23(31)13-12-22-29-24-19(9-6-14-27-24)25(32)30(22)16-18-8-2-4-10-20(18)26/h2-11,14H,12-13,15-16H2,1H3,(H,28,31). The van der Waals surface area contributed by atoms with Crippen LogP contribution in [0.15, 0.2) is 71.7 Å². The fraction of sp³-hybridized carbons (Fsp3) is 0.200. The molecule has 2 aromatic heterocycles. The van der Waals surface area contributed by atoms with Crippen molar-refractivity contribution in [3.63, 3.8) is 0 Å². The molecular formula is C25H23ClN4O3. The van der Waals surface area contributed by atoms with Gasteiger partial charge in [0.25, 0.3) is 5.56 Å². The number of aryl methyl sites for hydroxylation is 1.